The Balaban J connectivity index is 2.13. The number of urea groups is 1. The summed E-state index contributed by atoms with van der Waals surface area (Å²) in [6, 6.07) is 4.47. The lowest BCUT2D eigenvalue weighted by Crippen LogP contribution is -2.52. The third-order valence-electron chi connectivity index (χ3n) is 5.96. The lowest BCUT2D eigenvalue weighted by atomic mass is 9.93. The maximum absolute atomic E-state index is 13.3. The van der Waals surface area contributed by atoms with E-state index in [1.807, 2.05) is 19.1 Å². The Kier molecular flexibility index (Phi) is 7.98. The van der Waals surface area contributed by atoms with Crippen molar-refractivity contribution >= 4 is 12.0 Å². The first-order valence-corrected chi connectivity index (χ1v) is 11.0. The number of piperazine rings is 1. The average Bonchev–Trinajstić information content (AvgIpc) is 2.79. The van der Waals surface area contributed by atoms with E-state index in [0.29, 0.717) is 41.4 Å². The SMILES string of the molecule is CCOC(=O)C1=C(CN2CCN(C)CC2)N(CC)C(=O)N[C@H]1c1cccc(OC)c1OC. The van der Waals surface area contributed by atoms with Crippen molar-refractivity contribution < 1.29 is 23.8 Å². The number of para-hydroxylation sites is 1. The molecule has 2 aliphatic rings. The van der Waals surface area contributed by atoms with E-state index < -0.39 is 12.0 Å². The molecule has 0 unspecified atom stereocenters. The number of carbonyl (C=O) groups excluding carboxylic acids is 2. The minimum Gasteiger partial charge on any atom is -0.493 e. The summed E-state index contributed by atoms with van der Waals surface area (Å²) >= 11 is 0. The standard InChI is InChI=1S/C23H34N4O5/c1-6-27-17(15-26-13-11-25(3)12-14-26)19(22(28)32-7-2)20(24-23(27)29)16-9-8-10-18(30-4)21(16)31-5/h8-10,20H,6-7,11-15H2,1-5H3,(H,24,29)/t20-/m0/s1. The van der Waals surface area contributed by atoms with Gasteiger partial charge in [0.2, 0.25) is 0 Å². The Hall–Kier alpha value is -2.78. The molecule has 2 aliphatic heterocycles. The molecule has 9 heteroatoms. The third kappa shape index (κ3) is 4.83. The van der Waals surface area contributed by atoms with Crippen molar-refractivity contribution in [1.82, 2.24) is 20.0 Å². The van der Waals surface area contributed by atoms with Crippen LogP contribution in [-0.4, -0.2) is 93.8 Å². The molecule has 1 atom stereocenters. The van der Waals surface area contributed by atoms with Crippen molar-refractivity contribution in [3.8, 4) is 11.5 Å². The van der Waals surface area contributed by atoms with Gasteiger partial charge in [-0.25, -0.2) is 9.59 Å². The molecular formula is C23H34N4O5. The molecule has 3 rings (SSSR count). The van der Waals surface area contributed by atoms with Gasteiger partial charge in [-0.3, -0.25) is 9.80 Å². The smallest absolute Gasteiger partial charge is 0.338 e. The number of carbonyl (C=O) groups is 2. The largest absolute Gasteiger partial charge is 0.493 e. The van der Waals surface area contributed by atoms with Crippen LogP contribution < -0.4 is 14.8 Å². The number of benzene rings is 1. The van der Waals surface area contributed by atoms with Gasteiger partial charge >= 0.3 is 12.0 Å². The first kappa shape index (κ1) is 23.9. The number of hydrogen-bond donors (Lipinski definition) is 1. The predicted molar refractivity (Wildman–Crippen MR) is 121 cm³/mol. The van der Waals surface area contributed by atoms with Gasteiger partial charge in [0.15, 0.2) is 11.5 Å². The van der Waals surface area contributed by atoms with E-state index in [9.17, 15) is 9.59 Å². The zero-order chi connectivity index (χ0) is 23.3. The van der Waals surface area contributed by atoms with Crippen LogP contribution in [0.3, 0.4) is 0 Å². The fourth-order valence-electron chi connectivity index (χ4n) is 4.25. The summed E-state index contributed by atoms with van der Waals surface area (Å²) in [7, 11) is 5.20. The van der Waals surface area contributed by atoms with Gasteiger partial charge in [0.1, 0.15) is 0 Å². The third-order valence-corrected chi connectivity index (χ3v) is 5.96. The number of methoxy groups -OCH3 is 2. The van der Waals surface area contributed by atoms with Crippen LogP contribution in [0, 0.1) is 0 Å². The molecule has 1 N–H and O–H groups in total. The van der Waals surface area contributed by atoms with Crippen LogP contribution >= 0.6 is 0 Å². The van der Waals surface area contributed by atoms with Crippen molar-refractivity contribution in [2.45, 2.75) is 19.9 Å². The maximum Gasteiger partial charge on any atom is 0.338 e. The second-order valence-corrected chi connectivity index (χ2v) is 7.87. The molecule has 1 aromatic rings. The molecule has 1 aromatic carbocycles. The molecule has 0 bridgehead atoms. The number of rotatable bonds is 8. The van der Waals surface area contributed by atoms with E-state index in [2.05, 4.69) is 22.2 Å². The van der Waals surface area contributed by atoms with Crippen molar-refractivity contribution in [2.24, 2.45) is 0 Å². The van der Waals surface area contributed by atoms with Crippen molar-refractivity contribution in [3.05, 3.63) is 35.0 Å². The quantitative estimate of drug-likeness (QED) is 0.610. The molecule has 0 spiro atoms. The maximum atomic E-state index is 13.3. The van der Waals surface area contributed by atoms with E-state index in [1.54, 1.807) is 32.1 Å². The monoisotopic (exact) mass is 446 g/mol. The van der Waals surface area contributed by atoms with Gasteiger partial charge in [0, 0.05) is 50.5 Å². The van der Waals surface area contributed by atoms with E-state index in [1.165, 1.54) is 0 Å². The number of amides is 2. The Labute approximate surface area is 189 Å². The van der Waals surface area contributed by atoms with Gasteiger partial charge in [-0.1, -0.05) is 12.1 Å². The lowest BCUT2D eigenvalue weighted by molar-refractivity contribution is -0.139. The van der Waals surface area contributed by atoms with Crippen LogP contribution in [0.1, 0.15) is 25.5 Å². The summed E-state index contributed by atoms with van der Waals surface area (Å²) in [5.41, 5.74) is 1.75. The van der Waals surface area contributed by atoms with Crippen LogP contribution in [-0.2, 0) is 9.53 Å². The summed E-state index contributed by atoms with van der Waals surface area (Å²) in [6.45, 7) is 8.46. The van der Waals surface area contributed by atoms with Crippen molar-refractivity contribution in [1.29, 1.82) is 0 Å². The molecule has 9 nitrogen and oxygen atoms in total. The number of ether oxygens (including phenoxy) is 3. The molecule has 2 amide bonds. The molecule has 0 radical (unpaired) electrons. The first-order valence-electron chi connectivity index (χ1n) is 11.0. The normalized spacial score (nSPS) is 20.2. The lowest BCUT2D eigenvalue weighted by Gasteiger charge is -2.40. The van der Waals surface area contributed by atoms with Crippen LogP contribution in [0.25, 0.3) is 0 Å². The van der Waals surface area contributed by atoms with Gasteiger partial charge in [0.05, 0.1) is 32.4 Å². The summed E-state index contributed by atoms with van der Waals surface area (Å²) < 4.78 is 16.5. The highest BCUT2D eigenvalue weighted by atomic mass is 16.5. The number of nitrogens with one attached hydrogen (secondary N) is 1. The van der Waals surface area contributed by atoms with Crippen molar-refractivity contribution in [2.75, 3.05) is 67.1 Å². The minimum absolute atomic E-state index is 0.242. The zero-order valence-electron chi connectivity index (χ0n) is 19.6. The molecule has 0 saturated carbocycles. The molecule has 32 heavy (non-hydrogen) atoms. The second kappa shape index (κ2) is 10.7. The van der Waals surface area contributed by atoms with E-state index in [-0.39, 0.29) is 12.6 Å². The minimum atomic E-state index is -0.711. The molecule has 2 heterocycles. The van der Waals surface area contributed by atoms with E-state index in [4.69, 9.17) is 14.2 Å². The van der Waals surface area contributed by atoms with E-state index in [0.717, 1.165) is 26.2 Å². The summed E-state index contributed by atoms with van der Waals surface area (Å²) in [5.74, 6) is 0.567. The Morgan fingerprint density at radius 2 is 1.84 bits per heavy atom. The highest BCUT2D eigenvalue weighted by Gasteiger charge is 2.40. The van der Waals surface area contributed by atoms with Gasteiger partial charge in [0.25, 0.3) is 0 Å². The number of esters is 1. The van der Waals surface area contributed by atoms with Crippen LogP contribution in [0.15, 0.2) is 29.5 Å². The van der Waals surface area contributed by atoms with Gasteiger partial charge in [-0.05, 0) is 27.0 Å². The Morgan fingerprint density at radius 3 is 2.44 bits per heavy atom. The zero-order valence-corrected chi connectivity index (χ0v) is 19.6. The molecule has 0 aliphatic carbocycles. The fourth-order valence-corrected chi connectivity index (χ4v) is 4.25. The van der Waals surface area contributed by atoms with Crippen LogP contribution in [0.2, 0.25) is 0 Å². The Bertz CT molecular complexity index is 864. The molecule has 1 saturated heterocycles. The number of nitrogens with zero attached hydrogens (tertiary/aromatic N) is 3. The predicted octanol–water partition coefficient (Wildman–Crippen LogP) is 1.85. The summed E-state index contributed by atoms with van der Waals surface area (Å²) in [6.07, 6.45) is 0. The van der Waals surface area contributed by atoms with E-state index >= 15 is 0 Å². The highest BCUT2D eigenvalue weighted by molar-refractivity contribution is 5.95. The topological polar surface area (TPSA) is 83.6 Å². The molecular weight excluding hydrogens is 412 g/mol. The highest BCUT2D eigenvalue weighted by Crippen LogP contribution is 2.40. The fraction of sp³-hybridized carbons (Fsp3) is 0.565. The van der Waals surface area contributed by atoms with Gasteiger partial charge < -0.3 is 24.4 Å². The van der Waals surface area contributed by atoms with Crippen LogP contribution in [0.5, 0.6) is 11.5 Å². The summed E-state index contributed by atoms with van der Waals surface area (Å²) in [4.78, 5) is 32.6. The molecule has 176 valence electrons. The molecule has 0 aromatic heterocycles. The van der Waals surface area contributed by atoms with Crippen molar-refractivity contribution in [3.63, 3.8) is 0 Å². The van der Waals surface area contributed by atoms with Gasteiger partial charge in [-0.2, -0.15) is 0 Å². The van der Waals surface area contributed by atoms with Gasteiger partial charge in [-0.15, -0.1) is 0 Å². The summed E-state index contributed by atoms with van der Waals surface area (Å²) in [5, 5.41) is 2.99. The number of hydrogen-bond acceptors (Lipinski definition) is 7. The second-order valence-electron chi connectivity index (χ2n) is 7.87. The number of likely N-dealkylation sites (N-methyl/N-ethyl adjacent to an activating group) is 2. The first-order chi connectivity index (χ1) is 15.4. The molecule has 1 fully saturated rings. The average molecular weight is 447 g/mol. The van der Waals surface area contributed by atoms with Crippen LogP contribution in [0.4, 0.5) is 4.79 Å². The Morgan fingerprint density at radius 1 is 1.12 bits per heavy atom.